The van der Waals surface area contributed by atoms with Crippen molar-refractivity contribution in [2.45, 2.75) is 44.8 Å². The van der Waals surface area contributed by atoms with E-state index < -0.39 is 24.3 Å². The minimum absolute atomic E-state index is 0.148. The maximum absolute atomic E-state index is 13.0. The molecule has 14 heavy (non-hydrogen) atoms. The monoisotopic (exact) mass is 220 g/mol. The van der Waals surface area contributed by atoms with Crippen molar-refractivity contribution in [1.82, 2.24) is 0 Å². The predicted molar refractivity (Wildman–Crippen MR) is 41.3 cm³/mol. The van der Waals surface area contributed by atoms with Crippen LogP contribution in [0.25, 0.3) is 0 Å². The first-order chi connectivity index (χ1) is 6.08. The molecule has 0 aliphatic carbocycles. The van der Waals surface area contributed by atoms with Crippen LogP contribution in [-0.4, -0.2) is 24.3 Å². The van der Waals surface area contributed by atoms with E-state index in [1.165, 1.54) is 20.8 Å². The van der Waals surface area contributed by atoms with Crippen molar-refractivity contribution >= 4 is 0 Å². The van der Waals surface area contributed by atoms with Gasteiger partial charge in [0.05, 0.1) is 5.60 Å². The molecule has 6 heteroatoms. The highest BCUT2D eigenvalue weighted by atomic mass is 19.4. The first-order valence-corrected chi connectivity index (χ1v) is 4.10. The summed E-state index contributed by atoms with van der Waals surface area (Å²) in [6.07, 6.45) is -5.21. The Morgan fingerprint density at radius 3 is 1.71 bits per heavy atom. The summed E-state index contributed by atoms with van der Waals surface area (Å²) in [5, 5.41) is 0. The van der Waals surface area contributed by atoms with Crippen LogP contribution in [0.5, 0.6) is 0 Å². The molecule has 0 heterocycles. The van der Waals surface area contributed by atoms with Crippen LogP contribution in [0.3, 0.4) is 0 Å². The lowest BCUT2D eigenvalue weighted by molar-refractivity contribution is -0.362. The second kappa shape index (κ2) is 4.00. The fourth-order valence-electron chi connectivity index (χ4n) is 0.671. The zero-order valence-corrected chi connectivity index (χ0v) is 8.21. The van der Waals surface area contributed by atoms with Crippen LogP contribution in [0, 0.1) is 0 Å². The number of halogens is 5. The molecule has 0 fully saturated rings. The van der Waals surface area contributed by atoms with Crippen molar-refractivity contribution in [1.29, 1.82) is 0 Å². The standard InChI is InChI=1S/C8H13F5O/c1-4-6(2,3)14-7(10,5-9)8(11,12)13/h4-5H2,1-3H3. The minimum atomic E-state index is -5.35. The molecule has 0 rings (SSSR count). The third-order valence-electron chi connectivity index (χ3n) is 1.88. The molecule has 0 aliphatic heterocycles. The minimum Gasteiger partial charge on any atom is -0.331 e. The van der Waals surface area contributed by atoms with Gasteiger partial charge in [0.1, 0.15) is 0 Å². The molecule has 0 aromatic heterocycles. The smallest absolute Gasteiger partial charge is 0.331 e. The summed E-state index contributed by atoms with van der Waals surface area (Å²) in [7, 11) is 0. The lowest BCUT2D eigenvalue weighted by Gasteiger charge is -2.34. The molecule has 0 spiro atoms. The molecular weight excluding hydrogens is 207 g/mol. The van der Waals surface area contributed by atoms with Gasteiger partial charge in [-0.2, -0.15) is 17.6 Å². The Morgan fingerprint density at radius 2 is 1.50 bits per heavy atom. The Labute approximate surface area is 79.2 Å². The van der Waals surface area contributed by atoms with Crippen molar-refractivity contribution in [2.24, 2.45) is 0 Å². The first-order valence-electron chi connectivity index (χ1n) is 4.10. The summed E-state index contributed by atoms with van der Waals surface area (Å²) in [6, 6.07) is 0. The van der Waals surface area contributed by atoms with E-state index in [0.717, 1.165) is 0 Å². The summed E-state index contributed by atoms with van der Waals surface area (Å²) in [5.41, 5.74) is -1.35. The first kappa shape index (κ1) is 13.6. The largest absolute Gasteiger partial charge is 0.451 e. The van der Waals surface area contributed by atoms with Gasteiger partial charge in [0.2, 0.25) is 0 Å². The molecule has 0 aromatic carbocycles. The van der Waals surface area contributed by atoms with E-state index >= 15 is 0 Å². The van der Waals surface area contributed by atoms with E-state index in [1.54, 1.807) is 0 Å². The molecule has 0 amide bonds. The SMILES string of the molecule is CCC(C)(C)OC(F)(CF)C(F)(F)F. The van der Waals surface area contributed by atoms with Gasteiger partial charge >= 0.3 is 12.0 Å². The number of hydrogen-bond acceptors (Lipinski definition) is 1. The Morgan fingerprint density at radius 1 is 1.07 bits per heavy atom. The van der Waals surface area contributed by atoms with Crippen LogP contribution in [0.1, 0.15) is 27.2 Å². The Bertz CT molecular complexity index is 189. The van der Waals surface area contributed by atoms with Crippen LogP contribution < -0.4 is 0 Å². The maximum Gasteiger partial charge on any atom is 0.451 e. The Balaban J connectivity index is 4.74. The molecule has 1 atom stereocenters. The third-order valence-corrected chi connectivity index (χ3v) is 1.88. The van der Waals surface area contributed by atoms with Gasteiger partial charge in [-0.15, -0.1) is 0 Å². The lowest BCUT2D eigenvalue weighted by atomic mass is 10.1. The molecule has 0 aliphatic rings. The van der Waals surface area contributed by atoms with Gasteiger partial charge in [0.25, 0.3) is 0 Å². The van der Waals surface area contributed by atoms with E-state index in [9.17, 15) is 22.0 Å². The second-order valence-corrected chi connectivity index (χ2v) is 3.58. The van der Waals surface area contributed by atoms with E-state index in [4.69, 9.17) is 0 Å². The third kappa shape index (κ3) is 3.08. The number of ether oxygens (including phenoxy) is 1. The molecule has 0 saturated carbocycles. The summed E-state index contributed by atoms with van der Waals surface area (Å²) < 4.78 is 65.2. The zero-order chi connectivity index (χ0) is 11.6. The molecule has 0 saturated heterocycles. The fourth-order valence-corrected chi connectivity index (χ4v) is 0.671. The summed E-state index contributed by atoms with van der Waals surface area (Å²) >= 11 is 0. The average molecular weight is 220 g/mol. The van der Waals surface area contributed by atoms with Crippen LogP contribution in [-0.2, 0) is 4.74 Å². The molecular formula is C8H13F5O. The van der Waals surface area contributed by atoms with Crippen LogP contribution >= 0.6 is 0 Å². The van der Waals surface area contributed by atoms with E-state index in [2.05, 4.69) is 4.74 Å². The van der Waals surface area contributed by atoms with E-state index in [0.29, 0.717) is 0 Å². The Hall–Kier alpha value is -0.390. The lowest BCUT2D eigenvalue weighted by Crippen LogP contribution is -2.50. The molecule has 86 valence electrons. The van der Waals surface area contributed by atoms with Crippen LogP contribution in [0.4, 0.5) is 22.0 Å². The summed E-state index contributed by atoms with van der Waals surface area (Å²) in [5.74, 6) is -4.20. The van der Waals surface area contributed by atoms with E-state index in [-0.39, 0.29) is 6.42 Å². The quantitative estimate of drug-likeness (QED) is 0.660. The van der Waals surface area contributed by atoms with Crippen molar-refractivity contribution in [3.8, 4) is 0 Å². The summed E-state index contributed by atoms with van der Waals surface area (Å²) in [4.78, 5) is 0. The van der Waals surface area contributed by atoms with Gasteiger partial charge in [-0.3, -0.25) is 0 Å². The highest BCUT2D eigenvalue weighted by Crippen LogP contribution is 2.39. The summed E-state index contributed by atoms with van der Waals surface area (Å²) in [6.45, 7) is 1.82. The number of alkyl halides is 5. The second-order valence-electron chi connectivity index (χ2n) is 3.58. The normalized spacial score (nSPS) is 18.0. The van der Waals surface area contributed by atoms with Gasteiger partial charge in [0, 0.05) is 0 Å². The maximum atomic E-state index is 13.0. The van der Waals surface area contributed by atoms with Crippen molar-refractivity contribution in [3.05, 3.63) is 0 Å². The van der Waals surface area contributed by atoms with Gasteiger partial charge in [-0.05, 0) is 20.3 Å². The molecule has 1 unspecified atom stereocenters. The van der Waals surface area contributed by atoms with Crippen molar-refractivity contribution in [2.75, 3.05) is 6.67 Å². The highest BCUT2D eigenvalue weighted by molar-refractivity contribution is 4.81. The highest BCUT2D eigenvalue weighted by Gasteiger charge is 2.60. The fraction of sp³-hybridized carbons (Fsp3) is 1.00. The zero-order valence-electron chi connectivity index (χ0n) is 8.21. The van der Waals surface area contributed by atoms with Crippen molar-refractivity contribution in [3.63, 3.8) is 0 Å². The molecule has 0 aromatic rings. The molecule has 1 nitrogen and oxygen atoms in total. The molecule has 0 radical (unpaired) electrons. The van der Waals surface area contributed by atoms with Crippen LogP contribution in [0.2, 0.25) is 0 Å². The topological polar surface area (TPSA) is 9.23 Å². The van der Waals surface area contributed by atoms with Gasteiger partial charge in [-0.25, -0.2) is 4.39 Å². The van der Waals surface area contributed by atoms with Gasteiger partial charge in [-0.1, -0.05) is 6.92 Å². The van der Waals surface area contributed by atoms with E-state index in [1.807, 2.05) is 0 Å². The average Bonchev–Trinajstić information content (AvgIpc) is 2.01. The van der Waals surface area contributed by atoms with Crippen LogP contribution in [0.15, 0.2) is 0 Å². The van der Waals surface area contributed by atoms with Gasteiger partial charge < -0.3 is 4.74 Å². The number of hydrogen-bond donors (Lipinski definition) is 0. The van der Waals surface area contributed by atoms with Gasteiger partial charge in [0.15, 0.2) is 6.67 Å². The number of rotatable bonds is 4. The van der Waals surface area contributed by atoms with Crippen molar-refractivity contribution < 1.29 is 26.7 Å². The predicted octanol–water partition coefficient (Wildman–Crippen LogP) is 3.39. The Kier molecular flexibility index (Phi) is 3.89. The molecule has 0 bridgehead atoms. The molecule has 0 N–H and O–H groups in total.